The zero-order valence-corrected chi connectivity index (χ0v) is 18.5. The van der Waals surface area contributed by atoms with Crippen molar-refractivity contribution in [1.82, 2.24) is 0 Å². The summed E-state index contributed by atoms with van der Waals surface area (Å²) in [6, 6.07) is 9.17. The van der Waals surface area contributed by atoms with Gasteiger partial charge in [0.25, 0.3) is 0 Å². The van der Waals surface area contributed by atoms with Crippen molar-refractivity contribution in [1.29, 1.82) is 0 Å². The molecule has 2 aromatic rings. The predicted molar refractivity (Wildman–Crippen MR) is 120 cm³/mol. The molecule has 3 heterocycles. The van der Waals surface area contributed by atoms with E-state index >= 15 is 0 Å². The standard InChI is InChI=1S/C24H21ClN2O5/c1-12(28)22-21-20(17-7-4-13-10-15(31-2)6-8-16(13)26(17)22)23(29)27(24(21)30)18-11-14(25)5-9-19(18)32-3/h4-11,17,20-22H,1-3H3/t17-,20+,21+,22+/m1/s1. The molecular weight excluding hydrogens is 432 g/mol. The second-order valence-electron chi connectivity index (χ2n) is 8.12. The van der Waals surface area contributed by atoms with Crippen molar-refractivity contribution in [3.63, 3.8) is 0 Å². The molecule has 3 aliphatic rings. The molecule has 3 aliphatic heterocycles. The van der Waals surface area contributed by atoms with E-state index in [4.69, 9.17) is 21.1 Å². The molecule has 0 bridgehead atoms. The lowest BCUT2D eigenvalue weighted by molar-refractivity contribution is -0.126. The number of methoxy groups -OCH3 is 2. The van der Waals surface area contributed by atoms with Crippen LogP contribution >= 0.6 is 11.6 Å². The summed E-state index contributed by atoms with van der Waals surface area (Å²) in [6.07, 6.45) is 3.81. The Labute approximate surface area is 190 Å². The summed E-state index contributed by atoms with van der Waals surface area (Å²) >= 11 is 6.15. The molecule has 4 atom stereocenters. The van der Waals surface area contributed by atoms with Gasteiger partial charge in [-0.25, -0.2) is 4.90 Å². The summed E-state index contributed by atoms with van der Waals surface area (Å²) in [5.74, 6) is -1.38. The van der Waals surface area contributed by atoms with Gasteiger partial charge in [0, 0.05) is 16.3 Å². The van der Waals surface area contributed by atoms with Gasteiger partial charge in [-0.15, -0.1) is 0 Å². The Kier molecular flexibility index (Phi) is 4.74. The normalized spacial score (nSPS) is 25.5. The highest BCUT2D eigenvalue weighted by Crippen LogP contribution is 2.50. The summed E-state index contributed by atoms with van der Waals surface area (Å²) in [7, 11) is 3.06. The minimum atomic E-state index is -0.800. The molecule has 2 amide bonds. The number of amides is 2. The quantitative estimate of drug-likeness (QED) is 0.662. The van der Waals surface area contributed by atoms with Crippen LogP contribution in [0.25, 0.3) is 6.08 Å². The Hall–Kier alpha value is -3.32. The van der Waals surface area contributed by atoms with Gasteiger partial charge in [-0.2, -0.15) is 0 Å². The van der Waals surface area contributed by atoms with Crippen LogP contribution in [0.3, 0.4) is 0 Å². The summed E-state index contributed by atoms with van der Waals surface area (Å²) < 4.78 is 10.7. The molecule has 0 radical (unpaired) electrons. The van der Waals surface area contributed by atoms with Crippen LogP contribution in [0.5, 0.6) is 11.5 Å². The number of anilines is 2. The number of ketones is 1. The first kappa shape index (κ1) is 20.6. The van der Waals surface area contributed by atoms with Crippen LogP contribution in [0.15, 0.2) is 42.5 Å². The zero-order chi connectivity index (χ0) is 22.7. The van der Waals surface area contributed by atoms with Gasteiger partial charge in [0.2, 0.25) is 11.8 Å². The van der Waals surface area contributed by atoms with Gasteiger partial charge in [0.05, 0.1) is 37.8 Å². The number of carbonyl (C=O) groups excluding carboxylic acids is 3. The average molecular weight is 453 g/mol. The maximum atomic E-state index is 13.6. The maximum absolute atomic E-state index is 13.6. The molecule has 0 saturated carbocycles. The minimum absolute atomic E-state index is 0.166. The largest absolute Gasteiger partial charge is 0.497 e. The van der Waals surface area contributed by atoms with E-state index in [0.29, 0.717) is 22.2 Å². The highest BCUT2D eigenvalue weighted by atomic mass is 35.5. The van der Waals surface area contributed by atoms with Gasteiger partial charge < -0.3 is 14.4 Å². The third-order valence-electron chi connectivity index (χ3n) is 6.51. The van der Waals surface area contributed by atoms with Crippen molar-refractivity contribution in [2.45, 2.75) is 19.0 Å². The molecular formula is C24H21ClN2O5. The average Bonchev–Trinajstić information content (AvgIpc) is 3.26. The van der Waals surface area contributed by atoms with Gasteiger partial charge in [-0.1, -0.05) is 23.8 Å². The predicted octanol–water partition coefficient (Wildman–Crippen LogP) is 3.34. The van der Waals surface area contributed by atoms with Gasteiger partial charge in [0.1, 0.15) is 17.5 Å². The summed E-state index contributed by atoms with van der Waals surface area (Å²) in [4.78, 5) is 43.1. The number of imide groups is 1. The molecule has 0 aliphatic carbocycles. The Balaban J connectivity index is 1.62. The van der Waals surface area contributed by atoms with E-state index in [1.807, 2.05) is 35.3 Å². The summed E-state index contributed by atoms with van der Waals surface area (Å²) in [5.41, 5.74) is 1.98. The van der Waals surface area contributed by atoms with Crippen LogP contribution in [0, 0.1) is 11.8 Å². The first-order valence-electron chi connectivity index (χ1n) is 10.2. The molecule has 32 heavy (non-hydrogen) atoms. The highest BCUT2D eigenvalue weighted by Gasteiger charge is 2.64. The van der Waals surface area contributed by atoms with Crippen LogP contribution in [0.4, 0.5) is 11.4 Å². The molecule has 7 nitrogen and oxygen atoms in total. The number of halogens is 1. The van der Waals surface area contributed by atoms with E-state index in [-0.39, 0.29) is 11.7 Å². The van der Waals surface area contributed by atoms with Crippen molar-refractivity contribution in [3.05, 3.63) is 53.1 Å². The number of hydrogen-bond donors (Lipinski definition) is 0. The monoisotopic (exact) mass is 452 g/mol. The Morgan fingerprint density at radius 2 is 1.72 bits per heavy atom. The van der Waals surface area contributed by atoms with Crippen molar-refractivity contribution in [3.8, 4) is 11.5 Å². The Bertz CT molecular complexity index is 1190. The second-order valence-corrected chi connectivity index (χ2v) is 8.55. The van der Waals surface area contributed by atoms with Gasteiger partial charge in [-0.3, -0.25) is 14.4 Å². The third kappa shape index (κ3) is 2.77. The topological polar surface area (TPSA) is 76.1 Å². The van der Waals surface area contributed by atoms with E-state index in [1.54, 1.807) is 19.2 Å². The molecule has 164 valence electrons. The van der Waals surface area contributed by atoms with Crippen molar-refractivity contribution in [2.75, 3.05) is 24.0 Å². The molecule has 0 N–H and O–H groups in total. The lowest BCUT2D eigenvalue weighted by Gasteiger charge is -2.36. The summed E-state index contributed by atoms with van der Waals surface area (Å²) in [5, 5.41) is 0.378. The molecule has 5 rings (SSSR count). The van der Waals surface area contributed by atoms with Gasteiger partial charge in [-0.05, 0) is 43.3 Å². The van der Waals surface area contributed by atoms with Crippen LogP contribution in [0.2, 0.25) is 5.02 Å². The minimum Gasteiger partial charge on any atom is -0.497 e. The first-order chi connectivity index (χ1) is 15.4. The van der Waals surface area contributed by atoms with Crippen LogP contribution < -0.4 is 19.3 Å². The molecule has 8 heteroatoms. The molecule has 0 unspecified atom stereocenters. The fourth-order valence-electron chi connectivity index (χ4n) is 5.21. The highest BCUT2D eigenvalue weighted by molar-refractivity contribution is 6.32. The lowest BCUT2D eigenvalue weighted by atomic mass is 9.88. The van der Waals surface area contributed by atoms with E-state index in [0.717, 1.165) is 16.2 Å². The van der Waals surface area contributed by atoms with Gasteiger partial charge in [0.15, 0.2) is 5.78 Å². The lowest BCUT2D eigenvalue weighted by Crippen LogP contribution is -2.48. The number of fused-ring (bicyclic) bond motifs is 5. The smallest absolute Gasteiger partial charge is 0.240 e. The van der Waals surface area contributed by atoms with Crippen LogP contribution in [-0.2, 0) is 14.4 Å². The number of Topliss-reactive ketones (excluding diaryl/α,β-unsaturated/α-hetero) is 1. The third-order valence-corrected chi connectivity index (χ3v) is 6.75. The van der Waals surface area contributed by atoms with Crippen LogP contribution in [-0.4, -0.2) is 43.9 Å². The number of carbonyl (C=O) groups is 3. The number of rotatable bonds is 4. The van der Waals surface area contributed by atoms with E-state index < -0.39 is 29.8 Å². The maximum Gasteiger partial charge on any atom is 0.240 e. The van der Waals surface area contributed by atoms with E-state index in [9.17, 15) is 14.4 Å². The van der Waals surface area contributed by atoms with Crippen molar-refractivity contribution in [2.24, 2.45) is 11.8 Å². The van der Waals surface area contributed by atoms with E-state index in [2.05, 4.69) is 0 Å². The molecule has 2 saturated heterocycles. The second kappa shape index (κ2) is 7.38. The van der Waals surface area contributed by atoms with Gasteiger partial charge >= 0.3 is 0 Å². The Morgan fingerprint density at radius 1 is 0.969 bits per heavy atom. The number of hydrogen-bond acceptors (Lipinski definition) is 6. The Morgan fingerprint density at radius 3 is 2.41 bits per heavy atom. The fourth-order valence-corrected chi connectivity index (χ4v) is 5.38. The summed E-state index contributed by atoms with van der Waals surface area (Å²) in [6.45, 7) is 1.46. The molecule has 2 aromatic carbocycles. The zero-order valence-electron chi connectivity index (χ0n) is 17.7. The SMILES string of the molecule is COc1ccc2c(c1)C=C[C@@H]1[C@@H]3C(=O)N(c4cc(Cl)ccc4OC)C(=O)[C@@H]3[C@H](C(C)=O)N21. The number of ether oxygens (including phenoxy) is 2. The number of benzene rings is 2. The van der Waals surface area contributed by atoms with Crippen molar-refractivity contribution >= 4 is 46.6 Å². The number of nitrogens with zero attached hydrogens (tertiary/aromatic N) is 2. The molecule has 0 aromatic heterocycles. The fraction of sp³-hybridized carbons (Fsp3) is 0.292. The van der Waals surface area contributed by atoms with E-state index in [1.165, 1.54) is 20.1 Å². The van der Waals surface area contributed by atoms with Crippen LogP contribution in [0.1, 0.15) is 12.5 Å². The van der Waals surface area contributed by atoms with Crippen molar-refractivity contribution < 1.29 is 23.9 Å². The molecule has 2 fully saturated rings. The first-order valence-corrected chi connectivity index (χ1v) is 10.6. The molecule has 0 spiro atoms.